The quantitative estimate of drug-likeness (QED) is 0.689. The number of hydrogen-bond donors (Lipinski definition) is 1. The third-order valence-electron chi connectivity index (χ3n) is 5.92. The molecule has 9 heteroatoms. The number of benzene rings is 1. The van der Waals surface area contributed by atoms with Crippen LogP contribution >= 0.6 is 11.3 Å². The van der Waals surface area contributed by atoms with Gasteiger partial charge in [-0.25, -0.2) is 9.18 Å². The summed E-state index contributed by atoms with van der Waals surface area (Å²) in [5.74, 6) is 1.16. The summed E-state index contributed by atoms with van der Waals surface area (Å²) in [6, 6.07) is 7.16. The van der Waals surface area contributed by atoms with Crippen LogP contribution in [-0.2, 0) is 6.54 Å². The summed E-state index contributed by atoms with van der Waals surface area (Å²) in [7, 11) is 0. The summed E-state index contributed by atoms with van der Waals surface area (Å²) in [4.78, 5) is 29.5. The molecule has 1 aromatic carbocycles. The number of amides is 3. The molecule has 2 aromatic rings. The van der Waals surface area contributed by atoms with Gasteiger partial charge in [0.2, 0.25) is 6.79 Å². The van der Waals surface area contributed by atoms with E-state index in [2.05, 4.69) is 5.32 Å². The molecule has 3 aliphatic rings. The molecule has 7 nitrogen and oxygen atoms in total. The molecule has 0 saturated carbocycles. The smallest absolute Gasteiger partial charge is 0.325 e. The fourth-order valence-electron chi connectivity index (χ4n) is 4.14. The molecule has 0 spiro atoms. The predicted molar refractivity (Wildman–Crippen MR) is 124 cm³/mol. The molecular formula is C24H24FN3O4S. The lowest BCUT2D eigenvalue weighted by molar-refractivity contribution is 0.0954. The van der Waals surface area contributed by atoms with Crippen molar-refractivity contribution < 1.29 is 23.5 Å². The lowest BCUT2D eigenvalue weighted by Crippen LogP contribution is -2.41. The van der Waals surface area contributed by atoms with Crippen LogP contribution < -0.4 is 19.7 Å². The number of carbonyl (C=O) groups is 2. The van der Waals surface area contributed by atoms with Gasteiger partial charge in [0.25, 0.3) is 5.91 Å². The Balaban J connectivity index is 1.23. The number of nitrogens with zero attached hydrogens (tertiary/aromatic N) is 2. The van der Waals surface area contributed by atoms with E-state index < -0.39 is 5.67 Å². The number of carbonyl (C=O) groups excluding carboxylic acids is 2. The maximum atomic E-state index is 15.0. The molecule has 1 aliphatic carbocycles. The SMILES string of the molecule is Cc1cc(N2CCN(CC3(F)C=CC=CC3)C2=O)sc1C(=O)NCc1ccc2c(c1)OCO2. The van der Waals surface area contributed by atoms with E-state index in [9.17, 15) is 14.0 Å². The van der Waals surface area contributed by atoms with Crippen LogP contribution in [-0.4, -0.2) is 48.9 Å². The minimum Gasteiger partial charge on any atom is -0.454 e. The van der Waals surface area contributed by atoms with E-state index in [-0.39, 0.29) is 31.7 Å². The minimum absolute atomic E-state index is 0.0242. The lowest BCUT2D eigenvalue weighted by atomic mass is 9.97. The van der Waals surface area contributed by atoms with Crippen molar-refractivity contribution >= 4 is 28.3 Å². The van der Waals surface area contributed by atoms with Crippen LogP contribution in [0, 0.1) is 6.92 Å². The summed E-state index contributed by atoms with van der Waals surface area (Å²) >= 11 is 1.27. The topological polar surface area (TPSA) is 71.1 Å². The number of halogens is 1. The third-order valence-corrected chi connectivity index (χ3v) is 7.17. The number of aryl methyl sites for hydroxylation is 1. The van der Waals surface area contributed by atoms with Gasteiger partial charge in [0.1, 0.15) is 10.7 Å². The number of anilines is 1. The maximum absolute atomic E-state index is 15.0. The Hall–Kier alpha value is -3.33. The van der Waals surface area contributed by atoms with Crippen molar-refractivity contribution in [1.82, 2.24) is 10.2 Å². The van der Waals surface area contributed by atoms with Crippen LogP contribution in [0.3, 0.4) is 0 Å². The van der Waals surface area contributed by atoms with Crippen LogP contribution in [0.25, 0.3) is 0 Å². The molecule has 33 heavy (non-hydrogen) atoms. The van der Waals surface area contributed by atoms with Gasteiger partial charge in [-0.1, -0.05) is 24.3 Å². The number of rotatable bonds is 6. The van der Waals surface area contributed by atoms with Crippen molar-refractivity contribution in [3.63, 3.8) is 0 Å². The van der Waals surface area contributed by atoms with Crippen LogP contribution in [0.2, 0.25) is 0 Å². The fraction of sp³-hybridized carbons (Fsp3) is 0.333. The van der Waals surface area contributed by atoms with Crippen molar-refractivity contribution in [3.05, 3.63) is 64.6 Å². The Morgan fingerprint density at radius 3 is 2.88 bits per heavy atom. The zero-order chi connectivity index (χ0) is 23.0. The van der Waals surface area contributed by atoms with Crippen molar-refractivity contribution in [2.24, 2.45) is 0 Å². The second-order valence-electron chi connectivity index (χ2n) is 8.35. The summed E-state index contributed by atoms with van der Waals surface area (Å²) in [6.07, 6.45) is 7.04. The molecule has 1 aromatic heterocycles. The Labute approximate surface area is 195 Å². The van der Waals surface area contributed by atoms with E-state index in [1.54, 1.807) is 17.1 Å². The van der Waals surface area contributed by atoms with E-state index in [0.717, 1.165) is 11.1 Å². The number of fused-ring (bicyclic) bond motifs is 1. The second kappa shape index (κ2) is 8.55. The molecular weight excluding hydrogens is 445 g/mol. The second-order valence-corrected chi connectivity index (χ2v) is 9.38. The molecule has 1 saturated heterocycles. The zero-order valence-corrected chi connectivity index (χ0v) is 19.0. The van der Waals surface area contributed by atoms with Crippen molar-refractivity contribution in [2.45, 2.75) is 25.6 Å². The molecule has 1 fully saturated rings. The molecule has 1 unspecified atom stereocenters. The van der Waals surface area contributed by atoms with Crippen LogP contribution in [0.1, 0.15) is 27.2 Å². The Bertz CT molecular complexity index is 1160. The van der Waals surface area contributed by atoms with Gasteiger partial charge in [-0.05, 0) is 42.3 Å². The zero-order valence-electron chi connectivity index (χ0n) is 18.2. The van der Waals surface area contributed by atoms with Gasteiger partial charge >= 0.3 is 6.03 Å². The van der Waals surface area contributed by atoms with E-state index >= 15 is 0 Å². The van der Waals surface area contributed by atoms with Gasteiger partial charge in [-0.15, -0.1) is 11.3 Å². The average Bonchev–Trinajstić information content (AvgIpc) is 3.51. The van der Waals surface area contributed by atoms with Gasteiger partial charge < -0.3 is 19.7 Å². The lowest BCUT2D eigenvalue weighted by Gasteiger charge is -2.27. The summed E-state index contributed by atoms with van der Waals surface area (Å²) in [5, 5.41) is 3.62. The van der Waals surface area contributed by atoms with Crippen molar-refractivity contribution in [1.29, 1.82) is 0 Å². The Kier molecular flexibility index (Phi) is 5.57. The van der Waals surface area contributed by atoms with Crippen LogP contribution in [0.4, 0.5) is 14.2 Å². The molecule has 5 rings (SSSR count). The molecule has 1 N–H and O–H groups in total. The molecule has 3 amide bonds. The first kappa shape index (κ1) is 21.5. The molecule has 1 atom stereocenters. The number of thiophene rings is 1. The third kappa shape index (κ3) is 4.32. The maximum Gasteiger partial charge on any atom is 0.325 e. The van der Waals surface area contributed by atoms with Crippen LogP contribution in [0.15, 0.2) is 48.6 Å². The standard InChI is InChI=1S/C24H24FN3O4S/c1-16-11-20(28-10-9-27(23(28)30)14-24(25)7-3-2-4-8-24)33-21(16)22(29)26-13-17-5-6-18-19(12-17)32-15-31-18/h2-7,11-12H,8-10,13-15H2,1H3,(H,26,29). The molecule has 0 bridgehead atoms. The highest BCUT2D eigenvalue weighted by Crippen LogP contribution is 2.34. The highest BCUT2D eigenvalue weighted by atomic mass is 32.1. The number of ether oxygens (including phenoxy) is 2. The number of nitrogens with one attached hydrogen (secondary N) is 1. The van der Waals surface area contributed by atoms with E-state index in [1.165, 1.54) is 22.3 Å². The van der Waals surface area contributed by atoms with Crippen molar-refractivity contribution in [3.8, 4) is 11.5 Å². The summed E-state index contributed by atoms with van der Waals surface area (Å²) < 4.78 is 25.7. The van der Waals surface area contributed by atoms with Gasteiger partial charge in [-0.3, -0.25) is 9.69 Å². The van der Waals surface area contributed by atoms with E-state index in [0.29, 0.717) is 41.0 Å². The number of urea groups is 1. The summed E-state index contributed by atoms with van der Waals surface area (Å²) in [6.45, 7) is 3.34. The Morgan fingerprint density at radius 1 is 1.21 bits per heavy atom. The number of alkyl halides is 1. The molecule has 172 valence electrons. The first-order chi connectivity index (χ1) is 15.9. The van der Waals surface area contributed by atoms with Gasteiger partial charge in [-0.2, -0.15) is 0 Å². The first-order valence-corrected chi connectivity index (χ1v) is 11.6. The molecule has 3 heterocycles. The van der Waals surface area contributed by atoms with E-state index in [1.807, 2.05) is 37.3 Å². The van der Waals surface area contributed by atoms with E-state index in [4.69, 9.17) is 9.47 Å². The Morgan fingerprint density at radius 2 is 2.06 bits per heavy atom. The normalized spacial score (nSPS) is 21.2. The van der Waals surface area contributed by atoms with Crippen molar-refractivity contribution in [2.75, 3.05) is 31.3 Å². The molecule has 0 radical (unpaired) electrons. The highest BCUT2D eigenvalue weighted by molar-refractivity contribution is 7.18. The first-order valence-electron chi connectivity index (χ1n) is 10.8. The number of allylic oxidation sites excluding steroid dienone is 3. The largest absolute Gasteiger partial charge is 0.454 e. The van der Waals surface area contributed by atoms with Gasteiger partial charge in [0.15, 0.2) is 11.5 Å². The monoisotopic (exact) mass is 469 g/mol. The highest BCUT2D eigenvalue weighted by Gasteiger charge is 2.37. The fourth-order valence-corrected chi connectivity index (χ4v) is 5.25. The van der Waals surface area contributed by atoms with Crippen LogP contribution in [0.5, 0.6) is 11.5 Å². The minimum atomic E-state index is -1.54. The van der Waals surface area contributed by atoms with Gasteiger partial charge in [0, 0.05) is 26.1 Å². The number of hydrogen-bond acceptors (Lipinski definition) is 5. The predicted octanol–water partition coefficient (Wildman–Crippen LogP) is 4.18. The summed E-state index contributed by atoms with van der Waals surface area (Å²) in [5.41, 5.74) is 0.164. The van der Waals surface area contributed by atoms with Gasteiger partial charge in [0.05, 0.1) is 11.4 Å². The molecule has 2 aliphatic heterocycles. The average molecular weight is 470 g/mol.